The minimum absolute atomic E-state index is 0.244. The molecule has 2 unspecified atom stereocenters. The molecular weight excluding hydrogens is 118 g/mol. The maximum absolute atomic E-state index is 8.50. The van der Waals surface area contributed by atoms with Gasteiger partial charge in [0.05, 0.1) is 6.10 Å². The van der Waals surface area contributed by atoms with Gasteiger partial charge in [0.2, 0.25) is 0 Å². The van der Waals surface area contributed by atoms with E-state index in [4.69, 9.17) is 9.94 Å². The predicted molar refractivity (Wildman–Crippen MR) is 33.4 cm³/mol. The second kappa shape index (κ2) is 3.15. The molecule has 0 aliphatic carbocycles. The molecule has 1 heterocycles. The molecule has 1 rings (SSSR count). The Morgan fingerprint density at radius 3 is 2.89 bits per heavy atom. The van der Waals surface area contributed by atoms with Gasteiger partial charge in [-0.2, -0.15) is 0 Å². The molecule has 0 amide bonds. The van der Waals surface area contributed by atoms with Crippen LogP contribution in [-0.4, -0.2) is 24.0 Å². The number of hydroxylamine groups is 1. The molecule has 0 radical (unpaired) electrons. The van der Waals surface area contributed by atoms with Crippen LogP contribution >= 0.6 is 0 Å². The third-order valence-corrected chi connectivity index (χ3v) is 1.67. The number of hydrogen-bond donors (Lipinski definition) is 2. The van der Waals surface area contributed by atoms with Gasteiger partial charge in [0, 0.05) is 12.6 Å². The van der Waals surface area contributed by atoms with E-state index in [0.29, 0.717) is 6.10 Å². The molecule has 1 aliphatic heterocycles. The summed E-state index contributed by atoms with van der Waals surface area (Å²) in [4.78, 5) is 0. The number of ether oxygens (including phenoxy) is 1. The first-order valence-electron chi connectivity index (χ1n) is 3.34. The van der Waals surface area contributed by atoms with E-state index in [1.807, 2.05) is 6.92 Å². The summed E-state index contributed by atoms with van der Waals surface area (Å²) >= 11 is 0. The van der Waals surface area contributed by atoms with Crippen molar-refractivity contribution in [1.29, 1.82) is 0 Å². The smallest absolute Gasteiger partial charge is 0.0562 e. The summed E-state index contributed by atoms with van der Waals surface area (Å²) in [6.45, 7) is 2.78. The molecule has 0 aromatic heterocycles. The fourth-order valence-electron chi connectivity index (χ4n) is 1.12. The van der Waals surface area contributed by atoms with Crippen molar-refractivity contribution in [2.24, 2.45) is 0 Å². The van der Waals surface area contributed by atoms with Crippen molar-refractivity contribution in [1.82, 2.24) is 5.48 Å². The Bertz CT molecular complexity index is 87.1. The highest BCUT2D eigenvalue weighted by molar-refractivity contribution is 4.70. The molecule has 0 bridgehead atoms. The van der Waals surface area contributed by atoms with E-state index in [1.54, 1.807) is 0 Å². The van der Waals surface area contributed by atoms with Gasteiger partial charge in [0.15, 0.2) is 0 Å². The lowest BCUT2D eigenvalue weighted by atomic mass is 10.1. The first-order chi connectivity index (χ1) is 4.33. The van der Waals surface area contributed by atoms with Crippen LogP contribution in [0.5, 0.6) is 0 Å². The minimum atomic E-state index is 0.244. The van der Waals surface area contributed by atoms with E-state index in [-0.39, 0.29) is 6.04 Å². The highest BCUT2D eigenvalue weighted by Crippen LogP contribution is 2.11. The van der Waals surface area contributed by atoms with E-state index in [2.05, 4.69) is 5.48 Å². The summed E-state index contributed by atoms with van der Waals surface area (Å²) < 4.78 is 5.26. The van der Waals surface area contributed by atoms with Gasteiger partial charge in [-0.3, -0.25) is 0 Å². The average molecular weight is 131 g/mol. The van der Waals surface area contributed by atoms with Crippen LogP contribution in [0.25, 0.3) is 0 Å². The highest BCUT2D eigenvalue weighted by atomic mass is 16.5. The lowest BCUT2D eigenvalue weighted by molar-refractivity contribution is -0.0163. The lowest BCUT2D eigenvalue weighted by Crippen LogP contribution is -2.35. The quantitative estimate of drug-likeness (QED) is 0.510. The number of nitrogens with one attached hydrogen (secondary N) is 1. The van der Waals surface area contributed by atoms with Crippen LogP contribution in [0.4, 0.5) is 0 Å². The molecule has 0 aromatic rings. The second-order valence-electron chi connectivity index (χ2n) is 2.53. The molecule has 2 N–H and O–H groups in total. The fraction of sp³-hybridized carbons (Fsp3) is 1.00. The number of rotatable bonds is 1. The van der Waals surface area contributed by atoms with Gasteiger partial charge in [0.1, 0.15) is 0 Å². The fourth-order valence-corrected chi connectivity index (χ4v) is 1.12. The van der Waals surface area contributed by atoms with Crippen LogP contribution in [0.1, 0.15) is 19.8 Å². The number of hydrogen-bond acceptors (Lipinski definition) is 3. The molecule has 0 saturated carbocycles. The van der Waals surface area contributed by atoms with E-state index >= 15 is 0 Å². The van der Waals surface area contributed by atoms with Crippen molar-refractivity contribution in [3.63, 3.8) is 0 Å². The molecule has 1 fully saturated rings. The van der Waals surface area contributed by atoms with Gasteiger partial charge in [-0.25, -0.2) is 5.48 Å². The second-order valence-corrected chi connectivity index (χ2v) is 2.53. The first-order valence-corrected chi connectivity index (χ1v) is 3.34. The Morgan fingerprint density at radius 2 is 2.44 bits per heavy atom. The van der Waals surface area contributed by atoms with Crippen molar-refractivity contribution in [2.75, 3.05) is 6.61 Å². The Kier molecular flexibility index (Phi) is 2.45. The standard InChI is InChI=1S/C6H13NO2/c1-5-4-6(7-8)2-3-9-5/h5-8H,2-4H2,1H3. The third-order valence-electron chi connectivity index (χ3n) is 1.67. The van der Waals surface area contributed by atoms with Gasteiger partial charge >= 0.3 is 0 Å². The molecule has 1 aliphatic rings. The Hall–Kier alpha value is -0.120. The van der Waals surface area contributed by atoms with E-state index in [1.165, 1.54) is 0 Å². The molecule has 54 valence electrons. The monoisotopic (exact) mass is 131 g/mol. The van der Waals surface area contributed by atoms with Crippen molar-refractivity contribution in [3.8, 4) is 0 Å². The van der Waals surface area contributed by atoms with Gasteiger partial charge in [-0.15, -0.1) is 0 Å². The summed E-state index contributed by atoms with van der Waals surface area (Å²) in [5.41, 5.74) is 2.25. The summed E-state index contributed by atoms with van der Waals surface area (Å²) in [7, 11) is 0. The highest BCUT2D eigenvalue weighted by Gasteiger charge is 2.17. The molecule has 1 saturated heterocycles. The zero-order chi connectivity index (χ0) is 6.69. The lowest BCUT2D eigenvalue weighted by Gasteiger charge is -2.25. The Labute approximate surface area is 55.0 Å². The third kappa shape index (κ3) is 1.93. The molecule has 2 atom stereocenters. The summed E-state index contributed by atoms with van der Waals surface area (Å²) in [5, 5.41) is 8.50. The maximum atomic E-state index is 8.50. The Balaban J connectivity index is 2.23. The summed E-state index contributed by atoms with van der Waals surface area (Å²) in [6, 6.07) is 0.244. The van der Waals surface area contributed by atoms with E-state index in [9.17, 15) is 0 Å². The van der Waals surface area contributed by atoms with Gasteiger partial charge in [-0.05, 0) is 19.8 Å². The molecule has 0 aromatic carbocycles. The summed E-state index contributed by atoms with van der Waals surface area (Å²) in [6.07, 6.45) is 2.13. The van der Waals surface area contributed by atoms with Gasteiger partial charge < -0.3 is 9.94 Å². The van der Waals surface area contributed by atoms with Crippen molar-refractivity contribution >= 4 is 0 Å². The SMILES string of the molecule is CC1CC(NO)CCO1. The minimum Gasteiger partial charge on any atom is -0.378 e. The molecule has 9 heavy (non-hydrogen) atoms. The van der Waals surface area contributed by atoms with Gasteiger partial charge in [-0.1, -0.05) is 0 Å². The maximum Gasteiger partial charge on any atom is 0.0562 e. The van der Waals surface area contributed by atoms with Gasteiger partial charge in [0.25, 0.3) is 0 Å². The molecule has 3 nitrogen and oxygen atoms in total. The Morgan fingerprint density at radius 1 is 1.67 bits per heavy atom. The van der Waals surface area contributed by atoms with Crippen molar-refractivity contribution < 1.29 is 9.94 Å². The largest absolute Gasteiger partial charge is 0.378 e. The molecule has 0 spiro atoms. The summed E-state index contributed by atoms with van der Waals surface area (Å²) in [5.74, 6) is 0. The molecule has 3 heteroatoms. The van der Waals surface area contributed by atoms with Crippen LogP contribution in [0.2, 0.25) is 0 Å². The van der Waals surface area contributed by atoms with Crippen LogP contribution < -0.4 is 5.48 Å². The zero-order valence-electron chi connectivity index (χ0n) is 5.63. The molecular formula is C6H13NO2. The van der Waals surface area contributed by atoms with E-state index < -0.39 is 0 Å². The van der Waals surface area contributed by atoms with Crippen LogP contribution in [0.15, 0.2) is 0 Å². The normalized spacial score (nSPS) is 36.7. The van der Waals surface area contributed by atoms with Crippen LogP contribution in [0, 0.1) is 0 Å². The topological polar surface area (TPSA) is 41.5 Å². The van der Waals surface area contributed by atoms with Crippen molar-refractivity contribution in [2.45, 2.75) is 31.9 Å². The average Bonchev–Trinajstić information content (AvgIpc) is 1.88. The van der Waals surface area contributed by atoms with Crippen LogP contribution in [0.3, 0.4) is 0 Å². The first kappa shape index (κ1) is 6.99. The van der Waals surface area contributed by atoms with Crippen molar-refractivity contribution in [3.05, 3.63) is 0 Å². The zero-order valence-corrected chi connectivity index (χ0v) is 5.63. The van der Waals surface area contributed by atoms with E-state index in [0.717, 1.165) is 19.4 Å². The van der Waals surface area contributed by atoms with Crippen LogP contribution in [-0.2, 0) is 4.74 Å². The predicted octanol–water partition coefficient (Wildman–Crippen LogP) is 0.533.